The zero-order valence-corrected chi connectivity index (χ0v) is 10.6. The monoisotopic (exact) mass is 262 g/mol. The third kappa shape index (κ3) is 2.26. The number of carbonyl (C=O) groups excluding carboxylic acids is 1. The molecule has 0 saturated heterocycles. The smallest absolute Gasteiger partial charge is 0.335 e. The van der Waals surface area contributed by atoms with E-state index >= 15 is 0 Å². The first-order valence-corrected chi connectivity index (χ1v) is 5.79. The van der Waals surface area contributed by atoms with Crippen molar-refractivity contribution in [3.63, 3.8) is 0 Å². The van der Waals surface area contributed by atoms with Gasteiger partial charge in [-0.15, -0.1) is 5.10 Å². The molecule has 2 rings (SSSR count). The van der Waals surface area contributed by atoms with E-state index in [0.717, 1.165) is 0 Å². The molecule has 2 aromatic rings. The predicted molar refractivity (Wildman–Crippen MR) is 67.6 cm³/mol. The molecule has 1 aromatic carbocycles. The lowest BCUT2D eigenvalue weighted by Gasteiger charge is -2.17. The number of carboxylic acids is 1. The molecule has 0 aliphatic rings. The van der Waals surface area contributed by atoms with Crippen LogP contribution in [0.1, 0.15) is 30.2 Å². The fourth-order valence-electron chi connectivity index (χ4n) is 2.01. The minimum atomic E-state index is -1.04. The Morgan fingerprint density at radius 2 is 2.05 bits per heavy atom. The van der Waals surface area contributed by atoms with Crippen LogP contribution in [0, 0.1) is 5.92 Å². The molecule has 1 atom stereocenters. The SMILES string of the molecule is CC(C)C(C(N)=O)n1nnc2cc(C(=O)O)ccc21. The summed E-state index contributed by atoms with van der Waals surface area (Å²) in [5.41, 5.74) is 6.51. The van der Waals surface area contributed by atoms with Crippen LogP contribution >= 0.6 is 0 Å². The highest BCUT2D eigenvalue weighted by atomic mass is 16.4. The number of nitrogens with zero attached hydrogens (tertiary/aromatic N) is 3. The Hall–Kier alpha value is -2.44. The van der Waals surface area contributed by atoms with Crippen molar-refractivity contribution in [2.45, 2.75) is 19.9 Å². The van der Waals surface area contributed by atoms with Gasteiger partial charge in [0.15, 0.2) is 0 Å². The first-order valence-electron chi connectivity index (χ1n) is 5.79. The normalized spacial score (nSPS) is 12.8. The fraction of sp³-hybridized carbons (Fsp3) is 0.333. The van der Waals surface area contributed by atoms with E-state index in [4.69, 9.17) is 10.8 Å². The van der Waals surface area contributed by atoms with Crippen molar-refractivity contribution in [1.29, 1.82) is 0 Å². The Kier molecular flexibility index (Phi) is 3.20. The summed E-state index contributed by atoms with van der Waals surface area (Å²) in [4.78, 5) is 22.4. The lowest BCUT2D eigenvalue weighted by molar-refractivity contribution is -0.122. The van der Waals surface area contributed by atoms with E-state index in [1.54, 1.807) is 6.07 Å². The molecular formula is C12H14N4O3. The third-order valence-corrected chi connectivity index (χ3v) is 2.90. The molecule has 7 heteroatoms. The molecule has 0 bridgehead atoms. The summed E-state index contributed by atoms with van der Waals surface area (Å²) in [5.74, 6) is -1.57. The van der Waals surface area contributed by atoms with Gasteiger partial charge in [-0.05, 0) is 24.1 Å². The third-order valence-electron chi connectivity index (χ3n) is 2.90. The zero-order chi connectivity index (χ0) is 14.2. The number of primary amides is 1. The van der Waals surface area contributed by atoms with E-state index in [9.17, 15) is 9.59 Å². The standard InChI is InChI=1S/C12H14N4O3/c1-6(2)10(11(13)17)16-9-4-3-7(12(18)19)5-8(9)14-15-16/h3-6,10H,1-2H3,(H2,13,17)(H,18,19). The topological polar surface area (TPSA) is 111 Å². The number of nitrogens with two attached hydrogens (primary N) is 1. The zero-order valence-electron chi connectivity index (χ0n) is 10.6. The van der Waals surface area contributed by atoms with Crippen molar-refractivity contribution >= 4 is 22.9 Å². The van der Waals surface area contributed by atoms with Gasteiger partial charge < -0.3 is 10.8 Å². The van der Waals surface area contributed by atoms with Gasteiger partial charge in [0.2, 0.25) is 5.91 Å². The summed E-state index contributed by atoms with van der Waals surface area (Å²) < 4.78 is 1.44. The molecule has 0 spiro atoms. The van der Waals surface area contributed by atoms with E-state index in [1.807, 2.05) is 13.8 Å². The number of carboxylic acid groups (broad SMARTS) is 1. The van der Waals surface area contributed by atoms with Gasteiger partial charge in [0.1, 0.15) is 11.6 Å². The highest BCUT2D eigenvalue weighted by molar-refractivity contribution is 5.92. The molecule has 1 heterocycles. The van der Waals surface area contributed by atoms with E-state index in [1.165, 1.54) is 16.8 Å². The maximum atomic E-state index is 11.5. The van der Waals surface area contributed by atoms with Crippen LogP contribution in [-0.2, 0) is 4.79 Å². The maximum Gasteiger partial charge on any atom is 0.335 e. The molecule has 0 fully saturated rings. The van der Waals surface area contributed by atoms with Crippen LogP contribution in [0.3, 0.4) is 0 Å². The quantitative estimate of drug-likeness (QED) is 0.847. The van der Waals surface area contributed by atoms with Crippen molar-refractivity contribution < 1.29 is 14.7 Å². The number of carbonyl (C=O) groups is 2. The largest absolute Gasteiger partial charge is 0.478 e. The number of amides is 1. The van der Waals surface area contributed by atoms with Crippen LogP contribution in [-0.4, -0.2) is 32.0 Å². The summed E-state index contributed by atoms with van der Waals surface area (Å²) >= 11 is 0. The van der Waals surface area contributed by atoms with Crippen LogP contribution in [0.5, 0.6) is 0 Å². The highest BCUT2D eigenvalue weighted by Crippen LogP contribution is 2.22. The second-order valence-corrected chi connectivity index (χ2v) is 4.63. The van der Waals surface area contributed by atoms with Crippen molar-refractivity contribution in [3.8, 4) is 0 Å². The lowest BCUT2D eigenvalue weighted by atomic mass is 10.0. The van der Waals surface area contributed by atoms with E-state index in [-0.39, 0.29) is 11.5 Å². The van der Waals surface area contributed by atoms with Gasteiger partial charge in [-0.1, -0.05) is 19.1 Å². The Morgan fingerprint density at radius 3 is 2.58 bits per heavy atom. The Morgan fingerprint density at radius 1 is 1.37 bits per heavy atom. The fourth-order valence-corrected chi connectivity index (χ4v) is 2.01. The Bertz CT molecular complexity index is 647. The molecule has 100 valence electrons. The van der Waals surface area contributed by atoms with Gasteiger partial charge in [0, 0.05) is 0 Å². The van der Waals surface area contributed by atoms with Gasteiger partial charge in [0.25, 0.3) is 0 Å². The first-order chi connectivity index (χ1) is 8.91. The molecular weight excluding hydrogens is 248 g/mol. The molecule has 1 aromatic heterocycles. The van der Waals surface area contributed by atoms with Gasteiger partial charge in [-0.2, -0.15) is 0 Å². The first kappa shape index (κ1) is 13.0. The summed E-state index contributed by atoms with van der Waals surface area (Å²) in [7, 11) is 0. The number of rotatable bonds is 4. The van der Waals surface area contributed by atoms with E-state index < -0.39 is 17.9 Å². The average Bonchev–Trinajstić information content (AvgIpc) is 2.71. The maximum absolute atomic E-state index is 11.5. The van der Waals surface area contributed by atoms with Crippen molar-refractivity contribution in [2.75, 3.05) is 0 Å². The number of hydrogen-bond donors (Lipinski definition) is 2. The van der Waals surface area contributed by atoms with Crippen LogP contribution in [0.15, 0.2) is 18.2 Å². The van der Waals surface area contributed by atoms with E-state index in [0.29, 0.717) is 11.0 Å². The summed E-state index contributed by atoms with van der Waals surface area (Å²) in [5, 5.41) is 16.7. The molecule has 0 radical (unpaired) electrons. The number of aromatic nitrogens is 3. The summed E-state index contributed by atoms with van der Waals surface area (Å²) in [6.07, 6.45) is 0. The van der Waals surface area contributed by atoms with Crippen molar-refractivity contribution in [2.24, 2.45) is 11.7 Å². The number of aromatic carboxylic acids is 1. The molecule has 7 nitrogen and oxygen atoms in total. The van der Waals surface area contributed by atoms with Crippen LogP contribution in [0.4, 0.5) is 0 Å². The number of benzene rings is 1. The van der Waals surface area contributed by atoms with E-state index in [2.05, 4.69) is 10.3 Å². The Labute approximate surface area is 109 Å². The second kappa shape index (κ2) is 4.68. The van der Waals surface area contributed by atoms with Crippen LogP contribution < -0.4 is 5.73 Å². The molecule has 19 heavy (non-hydrogen) atoms. The summed E-state index contributed by atoms with van der Waals surface area (Å²) in [6.45, 7) is 3.71. The molecule has 0 aliphatic heterocycles. The van der Waals surface area contributed by atoms with Crippen LogP contribution in [0.2, 0.25) is 0 Å². The number of hydrogen-bond acceptors (Lipinski definition) is 4. The van der Waals surface area contributed by atoms with Crippen molar-refractivity contribution in [1.82, 2.24) is 15.0 Å². The lowest BCUT2D eigenvalue weighted by Crippen LogP contribution is -2.31. The van der Waals surface area contributed by atoms with Crippen molar-refractivity contribution in [3.05, 3.63) is 23.8 Å². The second-order valence-electron chi connectivity index (χ2n) is 4.63. The molecule has 0 saturated carbocycles. The predicted octanol–water partition coefficient (Wildman–Crippen LogP) is 0.812. The molecule has 0 aliphatic carbocycles. The van der Waals surface area contributed by atoms with Gasteiger partial charge >= 0.3 is 5.97 Å². The van der Waals surface area contributed by atoms with Gasteiger partial charge in [-0.3, -0.25) is 4.79 Å². The van der Waals surface area contributed by atoms with Gasteiger partial charge in [0.05, 0.1) is 11.1 Å². The minimum Gasteiger partial charge on any atom is -0.478 e. The Balaban J connectivity index is 2.57. The minimum absolute atomic E-state index is 0.0402. The highest BCUT2D eigenvalue weighted by Gasteiger charge is 2.24. The number of fused-ring (bicyclic) bond motifs is 1. The summed E-state index contributed by atoms with van der Waals surface area (Å²) in [6, 6.07) is 3.83. The van der Waals surface area contributed by atoms with Gasteiger partial charge in [-0.25, -0.2) is 9.48 Å². The average molecular weight is 262 g/mol. The molecule has 3 N–H and O–H groups in total. The molecule has 1 amide bonds. The van der Waals surface area contributed by atoms with Crippen LogP contribution in [0.25, 0.3) is 11.0 Å². The molecule has 1 unspecified atom stereocenters.